The van der Waals surface area contributed by atoms with E-state index in [1.807, 2.05) is 52.0 Å². The van der Waals surface area contributed by atoms with Crippen LogP contribution in [0.2, 0.25) is 0 Å². The van der Waals surface area contributed by atoms with Crippen LogP contribution in [0.3, 0.4) is 0 Å². The second kappa shape index (κ2) is 9.33. The van der Waals surface area contributed by atoms with Crippen molar-refractivity contribution in [1.29, 1.82) is 0 Å². The summed E-state index contributed by atoms with van der Waals surface area (Å²) in [5.74, 6) is 0.632. The Bertz CT molecular complexity index is 1160. The Balaban J connectivity index is 1.33. The molecule has 2 atom stereocenters. The van der Waals surface area contributed by atoms with E-state index < -0.39 is 5.60 Å². The number of carbonyl (C=O) groups is 3. The van der Waals surface area contributed by atoms with Crippen molar-refractivity contribution in [3.63, 3.8) is 0 Å². The third-order valence-corrected chi connectivity index (χ3v) is 7.89. The third-order valence-electron chi connectivity index (χ3n) is 6.91. The summed E-state index contributed by atoms with van der Waals surface area (Å²) in [7, 11) is 0. The first-order valence-electron chi connectivity index (χ1n) is 11.5. The monoisotopic (exact) mass is 482 g/mol. The summed E-state index contributed by atoms with van der Waals surface area (Å²) in [6, 6.07) is 7.88. The number of benzene rings is 2. The molecule has 180 valence electrons. The van der Waals surface area contributed by atoms with Crippen molar-refractivity contribution in [1.82, 2.24) is 10.6 Å². The van der Waals surface area contributed by atoms with Crippen molar-refractivity contribution in [2.45, 2.75) is 64.2 Å². The fourth-order valence-corrected chi connectivity index (χ4v) is 5.36. The van der Waals surface area contributed by atoms with Gasteiger partial charge in [0, 0.05) is 18.5 Å². The van der Waals surface area contributed by atoms with Gasteiger partial charge < -0.3 is 15.2 Å². The number of thioether (sulfide) groups is 1. The molecule has 3 N–H and O–H groups in total. The van der Waals surface area contributed by atoms with Crippen LogP contribution in [-0.4, -0.2) is 39.6 Å². The van der Waals surface area contributed by atoms with Crippen molar-refractivity contribution in [2.75, 3.05) is 6.54 Å². The van der Waals surface area contributed by atoms with Gasteiger partial charge in [-0.05, 0) is 74.8 Å². The number of carbonyl (C=O) groups excluding carboxylic acids is 3. The van der Waals surface area contributed by atoms with E-state index >= 15 is 0 Å². The van der Waals surface area contributed by atoms with Gasteiger partial charge in [-0.1, -0.05) is 36.0 Å². The van der Waals surface area contributed by atoms with Crippen LogP contribution in [-0.2, 0) is 28.9 Å². The lowest BCUT2D eigenvalue weighted by Crippen LogP contribution is -2.51. The minimum Gasteiger partial charge on any atom is -0.507 e. The number of ether oxygens (including phenoxy) is 1. The molecular formula is C26H30N2O5S. The van der Waals surface area contributed by atoms with Crippen LogP contribution >= 0.6 is 11.8 Å². The maximum absolute atomic E-state index is 13.0. The van der Waals surface area contributed by atoms with Crippen molar-refractivity contribution in [3.05, 3.63) is 57.6 Å². The highest BCUT2D eigenvalue weighted by Crippen LogP contribution is 2.43. The van der Waals surface area contributed by atoms with E-state index in [0.717, 1.165) is 45.1 Å². The molecule has 34 heavy (non-hydrogen) atoms. The Labute approximate surface area is 203 Å². The molecule has 2 aromatic carbocycles. The molecule has 0 aromatic heterocycles. The minimum absolute atomic E-state index is 0.147. The Hall–Kier alpha value is -3.00. The Morgan fingerprint density at radius 1 is 1.15 bits per heavy atom. The molecule has 1 fully saturated rings. The van der Waals surface area contributed by atoms with Crippen LogP contribution in [0.5, 0.6) is 11.5 Å². The summed E-state index contributed by atoms with van der Waals surface area (Å²) in [6.45, 7) is 7.96. The fraction of sp³-hybridized carbons (Fsp3) is 0.423. The van der Waals surface area contributed by atoms with Gasteiger partial charge in [-0.25, -0.2) is 0 Å². The Morgan fingerprint density at radius 2 is 1.82 bits per heavy atom. The molecule has 2 aliphatic rings. The van der Waals surface area contributed by atoms with Crippen molar-refractivity contribution in [3.8, 4) is 11.5 Å². The molecule has 0 aliphatic carbocycles. The third kappa shape index (κ3) is 4.64. The molecule has 3 amide bonds. The molecular weight excluding hydrogens is 452 g/mol. The lowest BCUT2D eigenvalue weighted by atomic mass is 9.86. The first kappa shape index (κ1) is 24.1. The van der Waals surface area contributed by atoms with Crippen LogP contribution in [0.4, 0.5) is 4.79 Å². The molecule has 8 heteroatoms. The molecule has 2 aliphatic heterocycles. The van der Waals surface area contributed by atoms with E-state index in [-0.39, 0.29) is 22.3 Å². The van der Waals surface area contributed by atoms with Crippen molar-refractivity contribution < 1.29 is 24.2 Å². The van der Waals surface area contributed by atoms with Gasteiger partial charge in [0.1, 0.15) is 11.5 Å². The van der Waals surface area contributed by atoms with Gasteiger partial charge in [0.25, 0.3) is 11.1 Å². The Morgan fingerprint density at radius 3 is 2.47 bits per heavy atom. The topological polar surface area (TPSA) is 105 Å². The molecule has 1 saturated heterocycles. The summed E-state index contributed by atoms with van der Waals surface area (Å²) in [5, 5.41) is 15.0. The number of phenols is 1. The predicted octanol–water partition coefficient (Wildman–Crippen LogP) is 3.65. The normalized spacial score (nSPS) is 21.6. The number of hydrogen-bond acceptors (Lipinski definition) is 6. The number of rotatable bonds is 6. The second-order valence-electron chi connectivity index (χ2n) is 9.27. The highest BCUT2D eigenvalue weighted by molar-refractivity contribution is 8.15. The highest BCUT2D eigenvalue weighted by Gasteiger charge is 2.40. The number of imide groups is 1. The smallest absolute Gasteiger partial charge is 0.286 e. The van der Waals surface area contributed by atoms with E-state index in [4.69, 9.17) is 4.74 Å². The molecule has 0 unspecified atom stereocenters. The summed E-state index contributed by atoms with van der Waals surface area (Å²) >= 11 is 1.03. The fourth-order valence-electron chi connectivity index (χ4n) is 4.50. The molecule has 7 nitrogen and oxygen atoms in total. The molecule has 2 heterocycles. The molecule has 0 saturated carbocycles. The average molecular weight is 483 g/mol. The van der Waals surface area contributed by atoms with Gasteiger partial charge in [-0.2, -0.15) is 0 Å². The van der Waals surface area contributed by atoms with E-state index in [1.165, 1.54) is 0 Å². The summed E-state index contributed by atoms with van der Waals surface area (Å²) in [4.78, 5) is 36.1. The van der Waals surface area contributed by atoms with Crippen LogP contribution in [0.1, 0.15) is 46.7 Å². The number of hydrogen-bond donors (Lipinski definition) is 3. The molecule has 0 bridgehead atoms. The van der Waals surface area contributed by atoms with Gasteiger partial charge in [0.15, 0.2) is 5.60 Å². The van der Waals surface area contributed by atoms with E-state index in [1.54, 1.807) is 0 Å². The van der Waals surface area contributed by atoms with Gasteiger partial charge in [0.2, 0.25) is 5.91 Å². The first-order chi connectivity index (χ1) is 16.1. The Kier molecular flexibility index (Phi) is 6.62. The average Bonchev–Trinajstić information content (AvgIpc) is 3.13. The van der Waals surface area contributed by atoms with Crippen molar-refractivity contribution >= 4 is 28.8 Å². The van der Waals surface area contributed by atoms with E-state index in [2.05, 4.69) is 10.6 Å². The standard InChI is InChI=1S/C26H30N2O5S/c1-14-15(2)22-19(16(3)21(14)29)9-11-26(4,33-22)24(31)27-12-10-17-5-7-18(8-6-17)13-20-23(30)28-25(32)34-20/h5-8,20,29H,9-13H2,1-4H3,(H,27,31)(H,28,30,32)/t20-,26-/m1/s1. The van der Waals surface area contributed by atoms with Crippen molar-refractivity contribution in [2.24, 2.45) is 0 Å². The summed E-state index contributed by atoms with van der Waals surface area (Å²) < 4.78 is 6.24. The number of amides is 3. The lowest BCUT2D eigenvalue weighted by molar-refractivity contribution is -0.136. The van der Waals surface area contributed by atoms with Gasteiger partial charge in [-0.3, -0.25) is 19.7 Å². The number of nitrogens with one attached hydrogen (secondary N) is 2. The van der Waals surface area contributed by atoms with Crippen LogP contribution < -0.4 is 15.4 Å². The summed E-state index contributed by atoms with van der Waals surface area (Å²) in [6.07, 6.45) is 2.39. The zero-order valence-corrected chi connectivity index (χ0v) is 20.7. The summed E-state index contributed by atoms with van der Waals surface area (Å²) in [5.41, 5.74) is 4.55. The lowest BCUT2D eigenvalue weighted by Gasteiger charge is -2.36. The number of phenolic OH excluding ortho intramolecular Hbond substituents is 1. The number of fused-ring (bicyclic) bond motifs is 1. The van der Waals surface area contributed by atoms with E-state index in [9.17, 15) is 19.5 Å². The number of aromatic hydroxyl groups is 1. The van der Waals surface area contributed by atoms with E-state index in [0.29, 0.717) is 43.7 Å². The van der Waals surface area contributed by atoms with Gasteiger partial charge >= 0.3 is 0 Å². The van der Waals surface area contributed by atoms with Crippen LogP contribution in [0, 0.1) is 20.8 Å². The van der Waals surface area contributed by atoms with Crippen LogP contribution in [0.25, 0.3) is 0 Å². The maximum atomic E-state index is 13.0. The quantitative estimate of drug-likeness (QED) is 0.581. The van der Waals surface area contributed by atoms with Gasteiger partial charge in [-0.15, -0.1) is 0 Å². The maximum Gasteiger partial charge on any atom is 0.286 e. The molecule has 2 aromatic rings. The second-order valence-corrected chi connectivity index (χ2v) is 10.4. The largest absolute Gasteiger partial charge is 0.507 e. The molecule has 4 rings (SSSR count). The van der Waals surface area contributed by atoms with Crippen LogP contribution in [0.15, 0.2) is 24.3 Å². The van der Waals surface area contributed by atoms with Gasteiger partial charge in [0.05, 0.1) is 5.25 Å². The molecule has 0 spiro atoms. The predicted molar refractivity (Wildman–Crippen MR) is 131 cm³/mol. The highest BCUT2D eigenvalue weighted by atomic mass is 32.2. The zero-order valence-electron chi connectivity index (χ0n) is 19.9. The minimum atomic E-state index is -0.964. The SMILES string of the molecule is Cc1c(C)c2c(c(C)c1O)CC[C@](C)(C(=O)NCCc1ccc(C[C@H]3SC(=O)NC3=O)cc1)O2. The zero-order chi connectivity index (χ0) is 24.6. The first-order valence-corrected chi connectivity index (χ1v) is 12.3. The molecule has 0 radical (unpaired) electrons.